The standard InChI is InChI=1S/C17H18FN7OS/c1-9-23-24-15(27-9)10-2-3-11-7-20-16(21-14(11)6-10)22-17(26)25-5-4-13(19)12(18)8-25/h2-3,6-7,12-13H,4-5,8,19H2,1H3,(H,20,21,22,26)/t12-,13-/m0/s1. The number of aromatic nitrogens is 4. The van der Waals surface area contributed by atoms with Gasteiger partial charge in [0.2, 0.25) is 5.95 Å². The fourth-order valence-electron chi connectivity index (χ4n) is 2.91. The average molecular weight is 387 g/mol. The molecular formula is C17H18FN7OS. The highest BCUT2D eigenvalue weighted by Crippen LogP contribution is 2.26. The second-order valence-electron chi connectivity index (χ2n) is 6.44. The van der Waals surface area contributed by atoms with Gasteiger partial charge in [-0.2, -0.15) is 0 Å². The molecule has 140 valence electrons. The summed E-state index contributed by atoms with van der Waals surface area (Å²) in [6, 6.07) is 4.76. The molecule has 2 atom stereocenters. The zero-order valence-electron chi connectivity index (χ0n) is 14.6. The summed E-state index contributed by atoms with van der Waals surface area (Å²) in [5.74, 6) is 0.170. The van der Waals surface area contributed by atoms with Gasteiger partial charge in [0.25, 0.3) is 0 Å². The molecule has 2 amide bonds. The van der Waals surface area contributed by atoms with E-state index in [-0.39, 0.29) is 12.5 Å². The monoisotopic (exact) mass is 387 g/mol. The number of nitrogens with one attached hydrogen (secondary N) is 1. The summed E-state index contributed by atoms with van der Waals surface area (Å²) < 4.78 is 13.8. The maximum Gasteiger partial charge on any atom is 0.324 e. The minimum absolute atomic E-state index is 0.0267. The van der Waals surface area contributed by atoms with Crippen molar-refractivity contribution in [2.75, 3.05) is 18.4 Å². The van der Waals surface area contributed by atoms with E-state index in [0.717, 1.165) is 21.0 Å². The maximum atomic E-state index is 13.8. The first-order valence-electron chi connectivity index (χ1n) is 8.52. The van der Waals surface area contributed by atoms with Gasteiger partial charge in [-0.05, 0) is 19.4 Å². The van der Waals surface area contributed by atoms with Crippen LogP contribution in [0.2, 0.25) is 0 Å². The van der Waals surface area contributed by atoms with E-state index < -0.39 is 18.2 Å². The van der Waals surface area contributed by atoms with Crippen molar-refractivity contribution in [3.8, 4) is 10.6 Å². The number of rotatable bonds is 2. The number of nitrogens with two attached hydrogens (primary N) is 1. The fraction of sp³-hybridized carbons (Fsp3) is 0.353. The lowest BCUT2D eigenvalue weighted by Crippen LogP contribution is -2.51. The summed E-state index contributed by atoms with van der Waals surface area (Å²) >= 11 is 1.50. The zero-order valence-corrected chi connectivity index (χ0v) is 15.4. The number of amides is 2. The summed E-state index contributed by atoms with van der Waals surface area (Å²) in [4.78, 5) is 22.3. The van der Waals surface area contributed by atoms with Crippen LogP contribution in [-0.2, 0) is 0 Å². The van der Waals surface area contributed by atoms with Crippen LogP contribution in [0.4, 0.5) is 15.1 Å². The van der Waals surface area contributed by atoms with E-state index in [0.29, 0.717) is 18.5 Å². The highest BCUT2D eigenvalue weighted by atomic mass is 32.1. The van der Waals surface area contributed by atoms with Gasteiger partial charge in [0.15, 0.2) is 0 Å². The Balaban J connectivity index is 1.54. The lowest BCUT2D eigenvalue weighted by atomic mass is 10.0. The molecule has 3 aromatic rings. The second kappa shape index (κ2) is 7.12. The van der Waals surface area contributed by atoms with Crippen molar-refractivity contribution in [2.24, 2.45) is 5.73 Å². The van der Waals surface area contributed by atoms with E-state index in [4.69, 9.17) is 5.73 Å². The first-order valence-corrected chi connectivity index (χ1v) is 9.34. The Morgan fingerprint density at radius 1 is 1.41 bits per heavy atom. The van der Waals surface area contributed by atoms with Gasteiger partial charge in [-0.25, -0.2) is 19.2 Å². The molecule has 10 heteroatoms. The van der Waals surface area contributed by atoms with Crippen LogP contribution in [0.3, 0.4) is 0 Å². The van der Waals surface area contributed by atoms with Gasteiger partial charge in [0.05, 0.1) is 12.1 Å². The predicted octanol–water partition coefficient (Wildman–Crippen LogP) is 2.36. The third-order valence-corrected chi connectivity index (χ3v) is 5.34. The van der Waals surface area contributed by atoms with Crippen LogP contribution in [0, 0.1) is 6.92 Å². The Morgan fingerprint density at radius 3 is 3.00 bits per heavy atom. The minimum Gasteiger partial charge on any atom is -0.325 e. The number of carbonyl (C=O) groups excluding carboxylic acids is 1. The van der Waals surface area contributed by atoms with E-state index in [1.165, 1.54) is 16.2 Å². The predicted molar refractivity (Wildman–Crippen MR) is 101 cm³/mol. The molecule has 1 aromatic carbocycles. The molecule has 3 heterocycles. The number of hydrogen-bond donors (Lipinski definition) is 2. The van der Waals surface area contributed by atoms with Gasteiger partial charge in [-0.15, -0.1) is 10.2 Å². The summed E-state index contributed by atoms with van der Waals surface area (Å²) in [6.07, 6.45) is 0.842. The smallest absolute Gasteiger partial charge is 0.324 e. The number of nitrogens with zero attached hydrogens (tertiary/aromatic N) is 5. The SMILES string of the molecule is Cc1nnc(-c2ccc3cnc(NC(=O)N4CC[C@H](N)[C@@H](F)C4)nc3c2)s1. The van der Waals surface area contributed by atoms with E-state index in [2.05, 4.69) is 25.5 Å². The topological polar surface area (TPSA) is 110 Å². The fourth-order valence-corrected chi connectivity index (χ4v) is 3.60. The molecule has 27 heavy (non-hydrogen) atoms. The number of piperidine rings is 1. The van der Waals surface area contributed by atoms with Gasteiger partial charge in [0.1, 0.15) is 16.2 Å². The molecule has 0 spiro atoms. The Morgan fingerprint density at radius 2 is 2.26 bits per heavy atom. The highest BCUT2D eigenvalue weighted by Gasteiger charge is 2.29. The number of aryl methyl sites for hydroxylation is 1. The number of halogens is 1. The molecule has 4 rings (SSSR count). The number of anilines is 1. The van der Waals surface area contributed by atoms with Crippen LogP contribution in [0.25, 0.3) is 21.5 Å². The van der Waals surface area contributed by atoms with Crippen LogP contribution >= 0.6 is 11.3 Å². The Kier molecular flexibility index (Phi) is 4.66. The van der Waals surface area contributed by atoms with Gasteiger partial charge >= 0.3 is 6.03 Å². The maximum absolute atomic E-state index is 13.8. The van der Waals surface area contributed by atoms with Gasteiger partial charge in [0, 0.05) is 29.7 Å². The molecule has 3 N–H and O–H groups in total. The lowest BCUT2D eigenvalue weighted by Gasteiger charge is -2.32. The molecule has 0 bridgehead atoms. The number of carbonyl (C=O) groups is 1. The summed E-state index contributed by atoms with van der Waals surface area (Å²) in [7, 11) is 0. The van der Waals surface area contributed by atoms with E-state index in [1.54, 1.807) is 6.20 Å². The van der Waals surface area contributed by atoms with Crippen LogP contribution in [0.15, 0.2) is 24.4 Å². The number of alkyl halides is 1. The number of likely N-dealkylation sites (tertiary alicyclic amines) is 1. The van der Waals surface area contributed by atoms with E-state index >= 15 is 0 Å². The van der Waals surface area contributed by atoms with Crippen LogP contribution in [0.1, 0.15) is 11.4 Å². The number of benzene rings is 1. The normalized spacial score (nSPS) is 20.0. The zero-order chi connectivity index (χ0) is 19.0. The quantitative estimate of drug-likeness (QED) is 0.698. The molecule has 0 unspecified atom stereocenters. The molecule has 0 saturated carbocycles. The molecule has 0 radical (unpaired) electrons. The molecule has 1 fully saturated rings. The van der Waals surface area contributed by atoms with Crippen molar-refractivity contribution in [3.63, 3.8) is 0 Å². The lowest BCUT2D eigenvalue weighted by molar-refractivity contribution is 0.137. The number of hydrogen-bond acceptors (Lipinski definition) is 7. The molecule has 0 aliphatic carbocycles. The minimum atomic E-state index is -1.22. The molecule has 1 saturated heterocycles. The molecule has 8 nitrogen and oxygen atoms in total. The van der Waals surface area contributed by atoms with Gasteiger partial charge in [-0.3, -0.25) is 5.32 Å². The Labute approximate surface area is 158 Å². The van der Waals surface area contributed by atoms with Crippen LogP contribution < -0.4 is 11.1 Å². The van der Waals surface area contributed by atoms with Crippen molar-refractivity contribution < 1.29 is 9.18 Å². The van der Waals surface area contributed by atoms with Crippen LogP contribution in [0.5, 0.6) is 0 Å². The van der Waals surface area contributed by atoms with Crippen molar-refractivity contribution in [1.29, 1.82) is 0 Å². The Bertz CT molecular complexity index is 994. The summed E-state index contributed by atoms with van der Waals surface area (Å²) in [6.45, 7) is 2.27. The molecule has 2 aromatic heterocycles. The average Bonchev–Trinajstić information content (AvgIpc) is 3.09. The Hall–Kier alpha value is -2.72. The largest absolute Gasteiger partial charge is 0.325 e. The number of fused-ring (bicyclic) bond motifs is 1. The van der Waals surface area contributed by atoms with E-state index in [1.807, 2.05) is 25.1 Å². The van der Waals surface area contributed by atoms with Gasteiger partial charge in [-0.1, -0.05) is 23.5 Å². The van der Waals surface area contributed by atoms with Crippen LogP contribution in [-0.4, -0.2) is 56.4 Å². The summed E-state index contributed by atoms with van der Waals surface area (Å²) in [5.41, 5.74) is 7.23. The first kappa shape index (κ1) is 17.7. The highest BCUT2D eigenvalue weighted by molar-refractivity contribution is 7.14. The van der Waals surface area contributed by atoms with E-state index in [9.17, 15) is 9.18 Å². The second-order valence-corrected chi connectivity index (χ2v) is 7.62. The third-order valence-electron chi connectivity index (χ3n) is 4.45. The van der Waals surface area contributed by atoms with Crippen molar-refractivity contribution >= 4 is 34.2 Å². The molecule has 1 aliphatic heterocycles. The van der Waals surface area contributed by atoms with Crippen molar-refractivity contribution in [2.45, 2.75) is 25.6 Å². The van der Waals surface area contributed by atoms with Gasteiger partial charge < -0.3 is 10.6 Å². The van der Waals surface area contributed by atoms with Crippen molar-refractivity contribution in [3.05, 3.63) is 29.4 Å². The third kappa shape index (κ3) is 3.71. The summed E-state index contributed by atoms with van der Waals surface area (Å²) in [5, 5.41) is 13.3. The molecule has 1 aliphatic rings. The molecular weight excluding hydrogens is 369 g/mol. The first-order chi connectivity index (χ1) is 13.0. The van der Waals surface area contributed by atoms with Crippen molar-refractivity contribution in [1.82, 2.24) is 25.1 Å². The number of urea groups is 1.